The molecule has 13 heteroatoms. The van der Waals surface area contributed by atoms with E-state index in [2.05, 4.69) is 21.0 Å². The minimum Gasteiger partial charge on any atom is -0.492 e. The van der Waals surface area contributed by atoms with Gasteiger partial charge in [0.25, 0.3) is 10.1 Å². The van der Waals surface area contributed by atoms with E-state index in [0.29, 0.717) is 27.3 Å². The Hall–Kier alpha value is -2.87. The molecule has 0 fully saturated rings. The van der Waals surface area contributed by atoms with Crippen molar-refractivity contribution in [3.05, 3.63) is 45.9 Å². The number of methoxy groups -OCH3 is 3. The molecule has 0 unspecified atom stereocenters. The standard InChI is InChI=1S/C11H15BrN4O4.C7H8O3S/c1-18-8-6(5-15-16(17)11(13)14)4-7(12)9(19-2)10(8)20-3;1-6-2-4-7(5-3-6)11(8,9)10/h4-5,17H,1-3H3,(H3,13,14);2-5H,1H3,(H,8,9,10). The number of aryl methyl sites for hydroxylation is 1. The lowest BCUT2D eigenvalue weighted by Gasteiger charge is -2.15. The fourth-order valence-corrected chi connectivity index (χ4v) is 3.25. The molecule has 0 bridgehead atoms. The quantitative estimate of drug-likeness (QED) is 0.194. The zero-order chi connectivity index (χ0) is 23.8. The van der Waals surface area contributed by atoms with Gasteiger partial charge in [0, 0.05) is 5.56 Å². The highest BCUT2D eigenvalue weighted by Crippen LogP contribution is 2.44. The zero-order valence-electron chi connectivity index (χ0n) is 17.2. The number of hydroxylamine groups is 1. The maximum Gasteiger partial charge on any atom is 0.294 e. The molecule has 170 valence electrons. The topological polar surface area (TPSA) is 168 Å². The fraction of sp³-hybridized carbons (Fsp3) is 0.222. The SMILES string of the molecule is COc1c(Br)cc(C=NN(O)C(=N)N)c(OC)c1OC.Cc1ccc(S(=O)(=O)O)cc1. The van der Waals surface area contributed by atoms with E-state index in [1.165, 1.54) is 39.7 Å². The van der Waals surface area contributed by atoms with E-state index in [0.717, 1.165) is 5.56 Å². The van der Waals surface area contributed by atoms with Gasteiger partial charge in [-0.15, -0.1) is 5.17 Å². The van der Waals surface area contributed by atoms with Crippen molar-refractivity contribution in [2.75, 3.05) is 21.3 Å². The Bertz CT molecular complexity index is 1040. The highest BCUT2D eigenvalue weighted by molar-refractivity contribution is 9.10. The van der Waals surface area contributed by atoms with Gasteiger partial charge in [-0.05, 0) is 41.1 Å². The minimum absolute atomic E-state index is 0.0666. The average Bonchev–Trinajstić information content (AvgIpc) is 2.71. The van der Waals surface area contributed by atoms with Gasteiger partial charge < -0.3 is 19.9 Å². The van der Waals surface area contributed by atoms with Crippen LogP contribution < -0.4 is 19.9 Å². The second-order valence-corrected chi connectivity index (χ2v) is 8.03. The van der Waals surface area contributed by atoms with Gasteiger partial charge >= 0.3 is 0 Å². The van der Waals surface area contributed by atoms with Crippen molar-refractivity contribution in [1.82, 2.24) is 5.17 Å². The number of hydrogen-bond donors (Lipinski definition) is 4. The van der Waals surface area contributed by atoms with E-state index in [9.17, 15) is 13.6 Å². The monoisotopic (exact) mass is 518 g/mol. The molecule has 2 aromatic rings. The van der Waals surface area contributed by atoms with E-state index in [4.69, 9.17) is 29.9 Å². The molecule has 0 aliphatic carbocycles. The Morgan fingerprint density at radius 2 is 1.65 bits per heavy atom. The molecule has 0 amide bonds. The molecule has 2 aromatic carbocycles. The van der Waals surface area contributed by atoms with Crippen LogP contribution in [-0.2, 0) is 10.1 Å². The first-order valence-electron chi connectivity index (χ1n) is 8.35. The molecule has 0 aromatic heterocycles. The third kappa shape index (κ3) is 7.40. The Balaban J connectivity index is 0.000000367. The van der Waals surface area contributed by atoms with E-state index in [1.54, 1.807) is 18.2 Å². The summed E-state index contributed by atoms with van der Waals surface area (Å²) in [6.45, 7) is 1.84. The Morgan fingerprint density at radius 1 is 1.13 bits per heavy atom. The predicted octanol–water partition coefficient (Wildman–Crippen LogP) is 2.64. The van der Waals surface area contributed by atoms with Crippen molar-refractivity contribution >= 4 is 38.2 Å². The molecule has 0 saturated carbocycles. The Morgan fingerprint density at radius 3 is 2.06 bits per heavy atom. The van der Waals surface area contributed by atoms with Gasteiger partial charge in [0.1, 0.15) is 0 Å². The van der Waals surface area contributed by atoms with Crippen molar-refractivity contribution in [3.63, 3.8) is 0 Å². The summed E-state index contributed by atoms with van der Waals surface area (Å²) < 4.78 is 45.9. The summed E-state index contributed by atoms with van der Waals surface area (Å²) in [5.41, 5.74) is 6.52. The summed E-state index contributed by atoms with van der Waals surface area (Å²) in [7, 11) is 0.418. The van der Waals surface area contributed by atoms with Gasteiger partial charge in [-0.2, -0.15) is 13.5 Å². The van der Waals surface area contributed by atoms with Crippen LogP contribution in [0.25, 0.3) is 0 Å². The van der Waals surface area contributed by atoms with Crippen LogP contribution in [0.1, 0.15) is 11.1 Å². The lowest BCUT2D eigenvalue weighted by Crippen LogP contribution is -2.28. The lowest BCUT2D eigenvalue weighted by atomic mass is 10.2. The number of halogens is 1. The first-order chi connectivity index (χ1) is 14.5. The van der Waals surface area contributed by atoms with Crippen LogP contribution in [0.5, 0.6) is 17.2 Å². The van der Waals surface area contributed by atoms with Crippen LogP contribution in [0.15, 0.2) is 44.8 Å². The number of rotatable bonds is 6. The van der Waals surface area contributed by atoms with E-state index < -0.39 is 16.1 Å². The normalized spacial score (nSPS) is 10.8. The molecule has 0 aliphatic rings. The summed E-state index contributed by atoms with van der Waals surface area (Å²) in [5, 5.41) is 20.0. The maximum atomic E-state index is 10.5. The van der Waals surface area contributed by atoms with Crippen molar-refractivity contribution in [3.8, 4) is 17.2 Å². The number of hydrazone groups is 1. The number of nitrogens with one attached hydrogen (secondary N) is 1. The second-order valence-electron chi connectivity index (χ2n) is 5.75. The highest BCUT2D eigenvalue weighted by atomic mass is 79.9. The molecule has 0 radical (unpaired) electrons. The fourth-order valence-electron chi connectivity index (χ4n) is 2.18. The van der Waals surface area contributed by atoms with Crippen LogP contribution in [0.4, 0.5) is 0 Å². The summed E-state index contributed by atoms with van der Waals surface area (Å²) in [5.74, 6) is 0.597. The smallest absolute Gasteiger partial charge is 0.294 e. The predicted molar refractivity (Wildman–Crippen MR) is 118 cm³/mol. The summed E-state index contributed by atoms with van der Waals surface area (Å²) in [6.07, 6.45) is 1.27. The molecule has 11 nitrogen and oxygen atoms in total. The van der Waals surface area contributed by atoms with Gasteiger partial charge in [-0.25, -0.2) is 0 Å². The number of benzene rings is 2. The average molecular weight is 519 g/mol. The largest absolute Gasteiger partial charge is 0.492 e. The lowest BCUT2D eigenvalue weighted by molar-refractivity contribution is -0.0139. The number of guanidine groups is 1. The maximum absolute atomic E-state index is 10.5. The summed E-state index contributed by atoms with van der Waals surface area (Å²) in [6, 6.07) is 7.65. The van der Waals surface area contributed by atoms with Crippen LogP contribution in [-0.4, -0.2) is 56.9 Å². The molecule has 0 aliphatic heterocycles. The molecule has 5 N–H and O–H groups in total. The third-order valence-electron chi connectivity index (χ3n) is 3.63. The number of nitrogens with zero attached hydrogens (tertiary/aromatic N) is 2. The molecule has 2 rings (SSSR count). The van der Waals surface area contributed by atoms with E-state index >= 15 is 0 Å². The number of hydrogen-bond acceptors (Lipinski definition) is 8. The van der Waals surface area contributed by atoms with E-state index in [1.807, 2.05) is 6.92 Å². The third-order valence-corrected chi connectivity index (χ3v) is 5.08. The van der Waals surface area contributed by atoms with Crippen molar-refractivity contribution < 1.29 is 32.4 Å². The first-order valence-corrected chi connectivity index (χ1v) is 10.6. The van der Waals surface area contributed by atoms with Crippen molar-refractivity contribution in [2.45, 2.75) is 11.8 Å². The Kier molecular flexibility index (Phi) is 9.71. The van der Waals surface area contributed by atoms with Gasteiger partial charge in [-0.3, -0.25) is 15.2 Å². The molecule has 0 heterocycles. The summed E-state index contributed by atoms with van der Waals surface area (Å²) in [4.78, 5) is -0.0666. The minimum atomic E-state index is -4.02. The second kappa shape index (κ2) is 11.5. The van der Waals surface area contributed by atoms with Crippen LogP contribution in [0.2, 0.25) is 0 Å². The first kappa shape index (κ1) is 26.2. The van der Waals surface area contributed by atoms with Crippen LogP contribution >= 0.6 is 15.9 Å². The van der Waals surface area contributed by atoms with Gasteiger partial charge in [0.05, 0.1) is 36.9 Å². The van der Waals surface area contributed by atoms with Crippen LogP contribution in [0.3, 0.4) is 0 Å². The van der Waals surface area contributed by atoms with Crippen LogP contribution in [0, 0.1) is 12.3 Å². The van der Waals surface area contributed by atoms with Gasteiger partial charge in [0.2, 0.25) is 11.7 Å². The highest BCUT2D eigenvalue weighted by Gasteiger charge is 2.19. The van der Waals surface area contributed by atoms with Crippen molar-refractivity contribution in [1.29, 1.82) is 5.41 Å². The zero-order valence-corrected chi connectivity index (χ0v) is 19.6. The molecule has 0 spiro atoms. The molecule has 0 atom stereocenters. The van der Waals surface area contributed by atoms with Crippen molar-refractivity contribution in [2.24, 2.45) is 10.8 Å². The molecular formula is C18H23BrN4O7S. The number of ether oxygens (including phenoxy) is 3. The summed E-state index contributed by atoms with van der Waals surface area (Å²) >= 11 is 3.33. The van der Waals surface area contributed by atoms with Gasteiger partial charge in [-0.1, -0.05) is 17.7 Å². The van der Waals surface area contributed by atoms with Gasteiger partial charge in [0.15, 0.2) is 11.5 Å². The Labute approximate surface area is 188 Å². The van der Waals surface area contributed by atoms with E-state index in [-0.39, 0.29) is 10.1 Å². The molecular weight excluding hydrogens is 496 g/mol. The molecule has 31 heavy (non-hydrogen) atoms. The number of nitrogens with two attached hydrogens (primary N) is 1. The molecule has 0 saturated heterocycles.